The summed E-state index contributed by atoms with van der Waals surface area (Å²) < 4.78 is 0. The zero-order valence-corrected chi connectivity index (χ0v) is 11.6. The van der Waals surface area contributed by atoms with Crippen molar-refractivity contribution in [2.75, 3.05) is 24.7 Å². The zero-order valence-electron chi connectivity index (χ0n) is 11.6. The first-order valence-electron chi connectivity index (χ1n) is 6.42. The molecule has 0 aromatic heterocycles. The fourth-order valence-electron chi connectivity index (χ4n) is 2.07. The normalized spacial score (nSPS) is 9.70. The Kier molecular flexibility index (Phi) is 4.53. The van der Waals surface area contributed by atoms with Gasteiger partial charge in [0.05, 0.1) is 11.4 Å². The zero-order chi connectivity index (χ0) is 14.4. The lowest BCUT2D eigenvalue weighted by atomic mass is 10.0. The third-order valence-electron chi connectivity index (χ3n) is 3.15. The summed E-state index contributed by atoms with van der Waals surface area (Å²) in [5.41, 5.74) is 4.84. The Morgan fingerprint density at radius 1 is 1.00 bits per heavy atom. The molecular weight excluding hydrogens is 250 g/mol. The number of aliphatic imine (C=N–C) groups is 1. The molecule has 0 heterocycles. The number of carbonyl (C=O) groups excluding carboxylic acids is 1. The van der Waals surface area contributed by atoms with Crippen LogP contribution in [-0.2, 0) is 11.2 Å². The molecular formula is C16H17N3O. The predicted molar refractivity (Wildman–Crippen MR) is 82.6 cm³/mol. The second kappa shape index (κ2) is 6.55. The molecule has 0 saturated heterocycles. The van der Waals surface area contributed by atoms with E-state index in [9.17, 15) is 4.79 Å². The number of rotatable bonds is 5. The highest BCUT2D eigenvalue weighted by Gasteiger charge is 2.03. The molecule has 0 saturated carbocycles. The summed E-state index contributed by atoms with van der Waals surface area (Å²) in [4.78, 5) is 14.2. The van der Waals surface area contributed by atoms with Crippen molar-refractivity contribution in [3.8, 4) is 0 Å². The number of nitrogens with one attached hydrogen (secondary N) is 2. The quantitative estimate of drug-likeness (QED) is 0.645. The smallest absolute Gasteiger partial charge is 0.240 e. The SMILES string of the molecule is CNc1ccc(Cc2ccc(NC)c(N=C=O)c2)cc1. The van der Waals surface area contributed by atoms with Crippen LogP contribution < -0.4 is 10.6 Å². The lowest BCUT2D eigenvalue weighted by Gasteiger charge is -2.08. The number of hydrogen-bond acceptors (Lipinski definition) is 4. The van der Waals surface area contributed by atoms with Gasteiger partial charge in [0, 0.05) is 19.8 Å². The lowest BCUT2D eigenvalue weighted by Crippen LogP contribution is -1.93. The highest BCUT2D eigenvalue weighted by Crippen LogP contribution is 2.26. The van der Waals surface area contributed by atoms with E-state index in [4.69, 9.17) is 0 Å². The van der Waals surface area contributed by atoms with E-state index in [-0.39, 0.29) is 0 Å². The molecule has 0 aliphatic rings. The van der Waals surface area contributed by atoms with Gasteiger partial charge in [0.2, 0.25) is 6.08 Å². The second-order valence-corrected chi connectivity index (χ2v) is 4.43. The van der Waals surface area contributed by atoms with Crippen LogP contribution >= 0.6 is 0 Å². The Labute approximate surface area is 118 Å². The molecule has 0 atom stereocenters. The number of benzene rings is 2. The van der Waals surface area contributed by atoms with Crippen molar-refractivity contribution < 1.29 is 4.79 Å². The second-order valence-electron chi connectivity index (χ2n) is 4.43. The minimum atomic E-state index is 0.617. The Morgan fingerprint density at radius 2 is 1.70 bits per heavy atom. The van der Waals surface area contributed by atoms with Crippen molar-refractivity contribution >= 4 is 23.1 Å². The predicted octanol–water partition coefficient (Wildman–Crippen LogP) is 3.33. The maximum Gasteiger partial charge on any atom is 0.240 e. The molecule has 0 aliphatic heterocycles. The third-order valence-corrected chi connectivity index (χ3v) is 3.15. The molecule has 0 aliphatic carbocycles. The van der Waals surface area contributed by atoms with E-state index in [0.717, 1.165) is 23.4 Å². The maximum atomic E-state index is 10.5. The highest BCUT2D eigenvalue weighted by molar-refractivity contribution is 5.69. The van der Waals surface area contributed by atoms with Crippen molar-refractivity contribution in [3.63, 3.8) is 0 Å². The molecule has 0 radical (unpaired) electrons. The molecule has 20 heavy (non-hydrogen) atoms. The fraction of sp³-hybridized carbons (Fsp3) is 0.188. The van der Waals surface area contributed by atoms with E-state index in [0.29, 0.717) is 5.69 Å². The van der Waals surface area contributed by atoms with Crippen molar-refractivity contribution in [1.29, 1.82) is 0 Å². The van der Waals surface area contributed by atoms with Gasteiger partial charge < -0.3 is 10.6 Å². The molecule has 0 bridgehead atoms. The number of isocyanates is 1. The molecule has 0 unspecified atom stereocenters. The standard InChI is InChI=1S/C16H17N3O/c1-17-14-6-3-12(4-7-14)9-13-5-8-15(18-2)16(10-13)19-11-20/h3-8,10,17-18H,9H2,1-2H3. The summed E-state index contributed by atoms with van der Waals surface area (Å²) in [7, 11) is 3.70. The molecule has 4 nitrogen and oxygen atoms in total. The van der Waals surface area contributed by atoms with Gasteiger partial charge in [-0.05, 0) is 41.8 Å². The molecule has 4 heteroatoms. The first-order valence-corrected chi connectivity index (χ1v) is 6.42. The average Bonchev–Trinajstić information content (AvgIpc) is 2.49. The Hall–Kier alpha value is -2.58. The van der Waals surface area contributed by atoms with Gasteiger partial charge in [0.1, 0.15) is 0 Å². The molecule has 2 aromatic rings. The largest absolute Gasteiger partial charge is 0.388 e. The first kappa shape index (κ1) is 13.8. The Bertz CT molecular complexity index is 629. The molecule has 2 aromatic carbocycles. The highest BCUT2D eigenvalue weighted by atomic mass is 16.1. The Morgan fingerprint density at radius 3 is 2.30 bits per heavy atom. The number of hydrogen-bond donors (Lipinski definition) is 2. The summed E-state index contributed by atoms with van der Waals surface area (Å²) in [5, 5.41) is 6.10. The van der Waals surface area contributed by atoms with Crippen molar-refractivity contribution in [2.45, 2.75) is 6.42 Å². The van der Waals surface area contributed by atoms with Crippen molar-refractivity contribution in [1.82, 2.24) is 0 Å². The van der Waals surface area contributed by atoms with Crippen LogP contribution in [0.25, 0.3) is 0 Å². The topological polar surface area (TPSA) is 53.5 Å². The monoisotopic (exact) mass is 267 g/mol. The van der Waals surface area contributed by atoms with Crippen LogP contribution in [0.5, 0.6) is 0 Å². The Balaban J connectivity index is 2.24. The summed E-state index contributed by atoms with van der Waals surface area (Å²) in [6.45, 7) is 0. The van der Waals surface area contributed by atoms with Gasteiger partial charge in [0.25, 0.3) is 0 Å². The van der Waals surface area contributed by atoms with Gasteiger partial charge >= 0.3 is 0 Å². The van der Waals surface area contributed by atoms with Crippen LogP contribution in [0.4, 0.5) is 17.1 Å². The van der Waals surface area contributed by atoms with Crippen LogP contribution in [0.2, 0.25) is 0 Å². The van der Waals surface area contributed by atoms with E-state index < -0.39 is 0 Å². The van der Waals surface area contributed by atoms with Crippen molar-refractivity contribution in [3.05, 3.63) is 53.6 Å². The van der Waals surface area contributed by atoms with Crippen molar-refractivity contribution in [2.24, 2.45) is 4.99 Å². The first-order chi connectivity index (χ1) is 9.76. The van der Waals surface area contributed by atoms with Gasteiger partial charge in [-0.25, -0.2) is 4.79 Å². The molecule has 0 amide bonds. The average molecular weight is 267 g/mol. The molecule has 0 fully saturated rings. The maximum absolute atomic E-state index is 10.5. The van der Waals surface area contributed by atoms with Gasteiger partial charge in [-0.15, -0.1) is 0 Å². The third kappa shape index (κ3) is 3.25. The summed E-state index contributed by atoms with van der Waals surface area (Å²) in [6.07, 6.45) is 2.39. The molecule has 0 spiro atoms. The number of nitrogens with zero attached hydrogens (tertiary/aromatic N) is 1. The summed E-state index contributed by atoms with van der Waals surface area (Å²) in [5.74, 6) is 0. The summed E-state index contributed by atoms with van der Waals surface area (Å²) in [6, 6.07) is 14.1. The molecule has 2 rings (SSSR count). The molecule has 2 N–H and O–H groups in total. The van der Waals surface area contributed by atoms with Crippen LogP contribution in [0.1, 0.15) is 11.1 Å². The van der Waals surface area contributed by atoms with E-state index in [2.05, 4.69) is 27.8 Å². The van der Waals surface area contributed by atoms with E-state index >= 15 is 0 Å². The van der Waals surface area contributed by atoms with Crippen LogP contribution in [-0.4, -0.2) is 20.2 Å². The van der Waals surface area contributed by atoms with E-state index in [1.807, 2.05) is 37.4 Å². The molecule has 102 valence electrons. The lowest BCUT2D eigenvalue weighted by molar-refractivity contribution is 0.565. The van der Waals surface area contributed by atoms with Gasteiger partial charge in [-0.1, -0.05) is 18.2 Å². The minimum Gasteiger partial charge on any atom is -0.388 e. The summed E-state index contributed by atoms with van der Waals surface area (Å²) >= 11 is 0. The van der Waals surface area contributed by atoms with Crippen LogP contribution in [0.3, 0.4) is 0 Å². The fourth-order valence-corrected chi connectivity index (χ4v) is 2.07. The van der Waals surface area contributed by atoms with Crippen LogP contribution in [0, 0.1) is 0 Å². The van der Waals surface area contributed by atoms with E-state index in [1.165, 1.54) is 5.56 Å². The minimum absolute atomic E-state index is 0.617. The van der Waals surface area contributed by atoms with E-state index in [1.54, 1.807) is 13.1 Å². The number of anilines is 2. The van der Waals surface area contributed by atoms with Gasteiger partial charge in [0.15, 0.2) is 0 Å². The van der Waals surface area contributed by atoms with Gasteiger partial charge in [-0.3, -0.25) is 0 Å². The van der Waals surface area contributed by atoms with Gasteiger partial charge in [-0.2, -0.15) is 4.99 Å². The van der Waals surface area contributed by atoms with Crippen LogP contribution in [0.15, 0.2) is 47.5 Å².